The minimum Gasteiger partial charge on any atom is -0.330 e. The summed E-state index contributed by atoms with van der Waals surface area (Å²) >= 11 is 12.0. The van der Waals surface area contributed by atoms with E-state index in [9.17, 15) is 0 Å². The second kappa shape index (κ2) is 7.85. The second-order valence-electron chi connectivity index (χ2n) is 4.54. The molecule has 0 aliphatic rings. The van der Waals surface area contributed by atoms with Gasteiger partial charge in [0.05, 0.1) is 6.54 Å². The fourth-order valence-electron chi connectivity index (χ4n) is 1.79. The van der Waals surface area contributed by atoms with E-state index in [1.54, 1.807) is 6.07 Å². The molecule has 21 heavy (non-hydrogen) atoms. The lowest BCUT2D eigenvalue weighted by Gasteiger charge is -2.11. The van der Waals surface area contributed by atoms with Gasteiger partial charge < -0.3 is 9.77 Å². The van der Waals surface area contributed by atoms with E-state index in [0.29, 0.717) is 16.0 Å². The number of imidazole rings is 1. The van der Waals surface area contributed by atoms with Crippen molar-refractivity contribution in [1.29, 1.82) is 0 Å². The third kappa shape index (κ3) is 5.61. The van der Waals surface area contributed by atoms with E-state index in [0.717, 1.165) is 17.9 Å². The highest BCUT2D eigenvalue weighted by Gasteiger charge is 2.09. The molecule has 0 aliphatic carbocycles. The minimum absolute atomic E-state index is 0.399. The average Bonchev–Trinajstić information content (AvgIpc) is 2.80. The van der Waals surface area contributed by atoms with Crippen LogP contribution in [0.3, 0.4) is 0 Å². The van der Waals surface area contributed by atoms with Gasteiger partial charge in [-0.1, -0.05) is 43.1 Å². The van der Waals surface area contributed by atoms with Crippen molar-refractivity contribution in [3.8, 4) is 0 Å². The fourth-order valence-corrected chi connectivity index (χ4v) is 2.26. The molecule has 0 aliphatic heterocycles. The summed E-state index contributed by atoms with van der Waals surface area (Å²) in [5.74, 6) is 1.46. The average molecular weight is 332 g/mol. The topological polar surface area (TPSA) is 81.2 Å². The van der Waals surface area contributed by atoms with Gasteiger partial charge in [-0.15, -0.1) is 10.1 Å². The molecule has 2 rings (SSSR count). The van der Waals surface area contributed by atoms with Crippen LogP contribution in [0.2, 0.25) is 10.0 Å². The van der Waals surface area contributed by atoms with Crippen LogP contribution in [0.25, 0.3) is 0 Å². The van der Waals surface area contributed by atoms with Gasteiger partial charge in [0.1, 0.15) is 5.82 Å². The zero-order valence-electron chi connectivity index (χ0n) is 11.5. The summed E-state index contributed by atoms with van der Waals surface area (Å²) < 4.78 is 2.11. The molecule has 6 nitrogen and oxygen atoms in total. The molecule has 0 unspecified atom stereocenters. The predicted octanol–water partition coefficient (Wildman–Crippen LogP) is 4.01. The minimum atomic E-state index is -1.50. The summed E-state index contributed by atoms with van der Waals surface area (Å²) in [7, 11) is 0. The van der Waals surface area contributed by atoms with E-state index in [1.165, 1.54) is 0 Å². The van der Waals surface area contributed by atoms with Crippen LogP contribution in [0.1, 0.15) is 31.2 Å². The van der Waals surface area contributed by atoms with Gasteiger partial charge in [0, 0.05) is 28.4 Å². The Kier molecular flexibility index (Phi) is 6.45. The summed E-state index contributed by atoms with van der Waals surface area (Å²) in [6.07, 6.45) is 3.79. The first kappa shape index (κ1) is 17.3. The maximum atomic E-state index is 8.36. The van der Waals surface area contributed by atoms with E-state index >= 15 is 0 Å². The van der Waals surface area contributed by atoms with Crippen LogP contribution in [0.4, 0.5) is 0 Å². The molecule has 1 aromatic heterocycles. The van der Waals surface area contributed by atoms with Crippen LogP contribution in [-0.4, -0.2) is 19.8 Å². The van der Waals surface area contributed by atoms with Gasteiger partial charge in [0.25, 0.3) is 5.09 Å². The molecular weight excluding hydrogens is 317 g/mol. The second-order valence-corrected chi connectivity index (χ2v) is 5.39. The molecular formula is C13H15Cl2N3O3. The molecule has 0 fully saturated rings. The van der Waals surface area contributed by atoms with Crippen molar-refractivity contribution in [1.82, 2.24) is 9.55 Å². The molecule has 0 spiro atoms. The Morgan fingerprint density at radius 1 is 1.43 bits per heavy atom. The predicted molar refractivity (Wildman–Crippen MR) is 80.7 cm³/mol. The Hall–Kier alpha value is -1.79. The van der Waals surface area contributed by atoms with E-state index < -0.39 is 5.09 Å². The molecule has 114 valence electrons. The van der Waals surface area contributed by atoms with E-state index in [2.05, 4.69) is 23.4 Å². The lowest BCUT2D eigenvalue weighted by Crippen LogP contribution is -2.06. The van der Waals surface area contributed by atoms with Crippen LogP contribution in [0.15, 0.2) is 30.6 Å². The molecule has 0 radical (unpaired) electrons. The number of hydrogen-bond donors (Lipinski definition) is 1. The molecule has 1 heterocycles. The molecule has 0 saturated heterocycles. The lowest BCUT2D eigenvalue weighted by molar-refractivity contribution is -0.742. The van der Waals surface area contributed by atoms with Crippen molar-refractivity contribution >= 4 is 23.2 Å². The summed E-state index contributed by atoms with van der Waals surface area (Å²) in [5, 5.41) is 15.0. The van der Waals surface area contributed by atoms with Gasteiger partial charge in [0.2, 0.25) is 0 Å². The standard InChI is InChI=1S/C13H14Cl2N2.HNO3/c1-9(2)13-16-5-6-17(13)8-10-3-4-11(14)7-12(10)15;2-1(3)4/h3-7,9H,8H2,1-2H3;(H,2,3,4). The quantitative estimate of drug-likeness (QED) is 0.680. The first-order valence-electron chi connectivity index (χ1n) is 6.09. The zero-order valence-corrected chi connectivity index (χ0v) is 13.0. The fraction of sp³-hybridized carbons (Fsp3) is 0.308. The summed E-state index contributed by atoms with van der Waals surface area (Å²) in [6, 6.07) is 5.58. The molecule has 2 aromatic rings. The van der Waals surface area contributed by atoms with Crippen molar-refractivity contribution in [3.05, 3.63) is 62.1 Å². The largest absolute Gasteiger partial charge is 0.330 e. The highest BCUT2D eigenvalue weighted by Crippen LogP contribution is 2.23. The highest BCUT2D eigenvalue weighted by molar-refractivity contribution is 6.35. The molecule has 0 amide bonds. The van der Waals surface area contributed by atoms with E-state index in [4.69, 9.17) is 38.5 Å². The molecule has 0 saturated carbocycles. The van der Waals surface area contributed by atoms with Crippen LogP contribution < -0.4 is 0 Å². The SMILES string of the molecule is CC(C)c1nccn1Cc1ccc(Cl)cc1Cl.O=[N+]([O-])O. The molecule has 1 N–H and O–H groups in total. The number of hydrogen-bond acceptors (Lipinski definition) is 3. The van der Waals surface area contributed by atoms with Crippen LogP contribution >= 0.6 is 23.2 Å². The normalized spacial score (nSPS) is 10.1. The van der Waals surface area contributed by atoms with Crippen LogP contribution in [0, 0.1) is 10.1 Å². The molecule has 8 heteroatoms. The number of rotatable bonds is 3. The van der Waals surface area contributed by atoms with Gasteiger partial charge in [-0.2, -0.15) is 0 Å². The Bertz CT molecular complexity index is 610. The van der Waals surface area contributed by atoms with Gasteiger partial charge in [0.15, 0.2) is 0 Å². The van der Waals surface area contributed by atoms with Crippen LogP contribution in [0.5, 0.6) is 0 Å². The first-order chi connectivity index (χ1) is 9.81. The van der Waals surface area contributed by atoms with Crippen LogP contribution in [-0.2, 0) is 6.54 Å². The maximum Gasteiger partial charge on any atom is 0.291 e. The third-order valence-electron chi connectivity index (χ3n) is 2.62. The van der Waals surface area contributed by atoms with Gasteiger partial charge in [-0.05, 0) is 17.7 Å². The lowest BCUT2D eigenvalue weighted by atomic mass is 10.2. The number of benzene rings is 1. The summed E-state index contributed by atoms with van der Waals surface area (Å²) in [6.45, 7) is 4.98. The van der Waals surface area contributed by atoms with Crippen molar-refractivity contribution in [2.45, 2.75) is 26.3 Å². The van der Waals surface area contributed by atoms with E-state index in [1.807, 2.05) is 24.5 Å². The Morgan fingerprint density at radius 3 is 2.57 bits per heavy atom. The Labute approximate surface area is 132 Å². The third-order valence-corrected chi connectivity index (χ3v) is 3.21. The number of halogens is 2. The van der Waals surface area contributed by atoms with Gasteiger partial charge in [-0.3, -0.25) is 0 Å². The Morgan fingerprint density at radius 2 is 2.05 bits per heavy atom. The van der Waals surface area contributed by atoms with Crippen molar-refractivity contribution in [2.24, 2.45) is 0 Å². The van der Waals surface area contributed by atoms with Crippen molar-refractivity contribution in [3.63, 3.8) is 0 Å². The number of nitrogens with zero attached hydrogens (tertiary/aromatic N) is 3. The smallest absolute Gasteiger partial charge is 0.291 e. The summed E-state index contributed by atoms with van der Waals surface area (Å²) in [5.41, 5.74) is 1.05. The first-order valence-corrected chi connectivity index (χ1v) is 6.85. The van der Waals surface area contributed by atoms with Gasteiger partial charge in [-0.25, -0.2) is 4.98 Å². The van der Waals surface area contributed by atoms with Gasteiger partial charge >= 0.3 is 0 Å². The van der Waals surface area contributed by atoms with Crippen molar-refractivity contribution < 1.29 is 10.3 Å². The molecule has 0 bridgehead atoms. The number of aromatic nitrogens is 2. The Balaban J connectivity index is 0.000000491. The molecule has 0 atom stereocenters. The van der Waals surface area contributed by atoms with E-state index in [-0.39, 0.29) is 0 Å². The summed E-state index contributed by atoms with van der Waals surface area (Å²) in [4.78, 5) is 12.7. The highest BCUT2D eigenvalue weighted by atomic mass is 35.5. The monoisotopic (exact) mass is 331 g/mol. The zero-order chi connectivity index (χ0) is 16.0. The van der Waals surface area contributed by atoms with Crippen molar-refractivity contribution in [2.75, 3.05) is 0 Å². The maximum absolute atomic E-state index is 8.36. The molecule has 1 aromatic carbocycles.